The Morgan fingerprint density at radius 2 is 1.85 bits per heavy atom. The van der Waals surface area contributed by atoms with Crippen molar-refractivity contribution in [3.8, 4) is 0 Å². The summed E-state index contributed by atoms with van der Waals surface area (Å²) in [5, 5.41) is 2.74. The van der Waals surface area contributed by atoms with E-state index in [1.165, 1.54) is 11.2 Å². The molecule has 0 spiro atoms. The van der Waals surface area contributed by atoms with Crippen molar-refractivity contribution in [2.24, 2.45) is 5.92 Å². The molecule has 1 atom stereocenters. The average molecular weight is 304 g/mol. The van der Waals surface area contributed by atoms with Crippen LogP contribution in [0.4, 0.5) is 0 Å². The molecule has 0 aliphatic carbocycles. The van der Waals surface area contributed by atoms with Crippen LogP contribution in [0.2, 0.25) is 0 Å². The Bertz CT molecular complexity index is 497. The SMILES string of the molecule is CC(C)C1NC(=O)C(C)(C)N(CCCS(C)(=O)=O)C1=O. The van der Waals surface area contributed by atoms with Crippen molar-refractivity contribution >= 4 is 21.7 Å². The quantitative estimate of drug-likeness (QED) is 0.785. The van der Waals surface area contributed by atoms with Crippen LogP contribution in [0.3, 0.4) is 0 Å². The minimum atomic E-state index is -3.06. The standard InChI is InChI=1S/C13H24N2O4S/c1-9(2)10-11(16)15(7-6-8-20(5,18)19)13(3,4)12(17)14-10/h9-10H,6-8H2,1-5H3,(H,14,17). The summed E-state index contributed by atoms with van der Waals surface area (Å²) in [6.07, 6.45) is 1.51. The van der Waals surface area contributed by atoms with Crippen LogP contribution in [0.1, 0.15) is 34.1 Å². The fourth-order valence-corrected chi connectivity index (χ4v) is 2.93. The van der Waals surface area contributed by atoms with Crippen molar-refractivity contribution in [1.82, 2.24) is 10.2 Å². The summed E-state index contributed by atoms with van der Waals surface area (Å²) in [5.41, 5.74) is -0.944. The Labute approximate surface area is 120 Å². The molecule has 1 fully saturated rings. The van der Waals surface area contributed by atoms with Crippen molar-refractivity contribution in [2.45, 2.75) is 45.7 Å². The van der Waals surface area contributed by atoms with E-state index in [0.29, 0.717) is 6.42 Å². The molecule has 0 bridgehead atoms. The van der Waals surface area contributed by atoms with Gasteiger partial charge in [-0.15, -0.1) is 0 Å². The molecule has 20 heavy (non-hydrogen) atoms. The van der Waals surface area contributed by atoms with Gasteiger partial charge in [-0.3, -0.25) is 9.59 Å². The van der Waals surface area contributed by atoms with Crippen LogP contribution in [0.15, 0.2) is 0 Å². The average Bonchev–Trinajstić information content (AvgIpc) is 2.26. The molecule has 0 radical (unpaired) electrons. The van der Waals surface area contributed by atoms with Gasteiger partial charge in [0.25, 0.3) is 0 Å². The van der Waals surface area contributed by atoms with Gasteiger partial charge in [0.1, 0.15) is 21.4 Å². The van der Waals surface area contributed by atoms with E-state index in [-0.39, 0.29) is 30.0 Å². The molecule has 1 rings (SSSR count). The Balaban J connectivity index is 2.87. The second-order valence-electron chi connectivity index (χ2n) is 6.23. The van der Waals surface area contributed by atoms with Crippen molar-refractivity contribution < 1.29 is 18.0 Å². The molecule has 0 aromatic carbocycles. The van der Waals surface area contributed by atoms with E-state index >= 15 is 0 Å². The fraction of sp³-hybridized carbons (Fsp3) is 0.846. The summed E-state index contributed by atoms with van der Waals surface area (Å²) < 4.78 is 22.3. The van der Waals surface area contributed by atoms with E-state index in [1.54, 1.807) is 13.8 Å². The number of piperazine rings is 1. The molecule has 2 amide bonds. The zero-order chi connectivity index (χ0) is 15.7. The van der Waals surface area contributed by atoms with E-state index in [2.05, 4.69) is 5.32 Å². The number of carbonyl (C=O) groups is 2. The number of amides is 2. The van der Waals surface area contributed by atoms with E-state index in [0.717, 1.165) is 0 Å². The smallest absolute Gasteiger partial charge is 0.246 e. The predicted molar refractivity (Wildman–Crippen MR) is 76.9 cm³/mol. The number of hydrogen-bond acceptors (Lipinski definition) is 4. The third kappa shape index (κ3) is 3.71. The first kappa shape index (κ1) is 16.9. The van der Waals surface area contributed by atoms with Crippen LogP contribution in [0, 0.1) is 5.92 Å². The number of carbonyl (C=O) groups excluding carboxylic acids is 2. The first-order valence-corrected chi connectivity index (χ1v) is 8.83. The van der Waals surface area contributed by atoms with Crippen LogP contribution < -0.4 is 5.32 Å². The lowest BCUT2D eigenvalue weighted by Gasteiger charge is -2.45. The minimum Gasteiger partial charge on any atom is -0.342 e. The highest BCUT2D eigenvalue weighted by Gasteiger charge is 2.46. The number of rotatable bonds is 5. The van der Waals surface area contributed by atoms with E-state index in [1.807, 2.05) is 13.8 Å². The highest BCUT2D eigenvalue weighted by molar-refractivity contribution is 7.90. The van der Waals surface area contributed by atoms with Crippen LogP contribution in [-0.4, -0.2) is 55.3 Å². The zero-order valence-corrected chi connectivity index (χ0v) is 13.6. The summed E-state index contributed by atoms with van der Waals surface area (Å²) in [5.74, 6) is -0.325. The Hall–Kier alpha value is -1.11. The normalized spacial score (nSPS) is 23.1. The molecular weight excluding hydrogens is 280 g/mol. The molecule has 1 N–H and O–H groups in total. The molecule has 7 heteroatoms. The monoisotopic (exact) mass is 304 g/mol. The predicted octanol–water partition coefficient (Wildman–Crippen LogP) is 0.183. The van der Waals surface area contributed by atoms with Crippen molar-refractivity contribution in [3.63, 3.8) is 0 Å². The third-order valence-electron chi connectivity index (χ3n) is 3.61. The Morgan fingerprint density at radius 1 is 1.30 bits per heavy atom. The second-order valence-corrected chi connectivity index (χ2v) is 8.49. The van der Waals surface area contributed by atoms with Gasteiger partial charge in [-0.05, 0) is 26.2 Å². The molecular formula is C13H24N2O4S. The van der Waals surface area contributed by atoms with Crippen molar-refractivity contribution in [2.75, 3.05) is 18.6 Å². The summed E-state index contributed by atoms with van der Waals surface area (Å²) in [6, 6.07) is -0.534. The van der Waals surface area contributed by atoms with Gasteiger partial charge in [-0.2, -0.15) is 0 Å². The van der Waals surface area contributed by atoms with Gasteiger partial charge in [-0.1, -0.05) is 13.8 Å². The van der Waals surface area contributed by atoms with Crippen LogP contribution in [0.25, 0.3) is 0 Å². The highest BCUT2D eigenvalue weighted by Crippen LogP contribution is 2.24. The third-order valence-corrected chi connectivity index (χ3v) is 4.64. The molecule has 6 nitrogen and oxygen atoms in total. The van der Waals surface area contributed by atoms with E-state index < -0.39 is 21.4 Å². The Kier molecular flexibility index (Phi) is 4.84. The summed E-state index contributed by atoms with van der Waals surface area (Å²) in [6.45, 7) is 7.37. The first-order chi connectivity index (χ1) is 8.97. The molecule has 0 saturated carbocycles. The molecule has 1 unspecified atom stereocenters. The van der Waals surface area contributed by atoms with Gasteiger partial charge in [0.15, 0.2) is 0 Å². The second kappa shape index (κ2) is 5.71. The highest BCUT2D eigenvalue weighted by atomic mass is 32.2. The van der Waals surface area contributed by atoms with E-state index in [4.69, 9.17) is 0 Å². The van der Waals surface area contributed by atoms with E-state index in [9.17, 15) is 18.0 Å². The zero-order valence-electron chi connectivity index (χ0n) is 12.8. The summed E-state index contributed by atoms with van der Waals surface area (Å²) >= 11 is 0. The van der Waals surface area contributed by atoms with Crippen LogP contribution in [0.5, 0.6) is 0 Å². The van der Waals surface area contributed by atoms with Crippen molar-refractivity contribution in [3.05, 3.63) is 0 Å². The maximum Gasteiger partial charge on any atom is 0.246 e. The summed E-state index contributed by atoms with van der Waals surface area (Å²) in [7, 11) is -3.06. The molecule has 1 heterocycles. The fourth-order valence-electron chi connectivity index (χ4n) is 2.27. The topological polar surface area (TPSA) is 83.6 Å². The number of nitrogens with one attached hydrogen (secondary N) is 1. The largest absolute Gasteiger partial charge is 0.342 e. The molecule has 0 aromatic heterocycles. The summed E-state index contributed by atoms with van der Waals surface area (Å²) in [4.78, 5) is 26.1. The number of hydrogen-bond donors (Lipinski definition) is 1. The van der Waals surface area contributed by atoms with Gasteiger partial charge in [0, 0.05) is 12.8 Å². The molecule has 1 aliphatic rings. The van der Waals surface area contributed by atoms with Crippen LogP contribution >= 0.6 is 0 Å². The lowest BCUT2D eigenvalue weighted by atomic mass is 9.91. The lowest BCUT2D eigenvalue weighted by Crippen LogP contribution is -2.69. The van der Waals surface area contributed by atoms with Crippen LogP contribution in [-0.2, 0) is 19.4 Å². The van der Waals surface area contributed by atoms with Gasteiger partial charge in [0.2, 0.25) is 11.8 Å². The Morgan fingerprint density at radius 3 is 2.30 bits per heavy atom. The molecule has 116 valence electrons. The number of nitrogens with zero attached hydrogens (tertiary/aromatic N) is 1. The van der Waals surface area contributed by atoms with Gasteiger partial charge < -0.3 is 10.2 Å². The minimum absolute atomic E-state index is 0.0000391. The van der Waals surface area contributed by atoms with Gasteiger partial charge >= 0.3 is 0 Å². The maximum atomic E-state index is 12.4. The first-order valence-electron chi connectivity index (χ1n) is 6.77. The number of sulfone groups is 1. The maximum absolute atomic E-state index is 12.4. The van der Waals surface area contributed by atoms with Crippen molar-refractivity contribution in [1.29, 1.82) is 0 Å². The lowest BCUT2D eigenvalue weighted by molar-refractivity contribution is -0.156. The van der Waals surface area contributed by atoms with Gasteiger partial charge in [0.05, 0.1) is 5.75 Å². The molecule has 0 aromatic rings. The molecule has 1 aliphatic heterocycles. The van der Waals surface area contributed by atoms with Gasteiger partial charge in [-0.25, -0.2) is 8.42 Å². The molecule has 1 saturated heterocycles.